The maximum absolute atomic E-state index is 12.1. The molecule has 116 valence electrons. The zero-order valence-electron chi connectivity index (χ0n) is 12.5. The predicted molar refractivity (Wildman–Crippen MR) is 87.4 cm³/mol. The Morgan fingerprint density at radius 2 is 1.86 bits per heavy atom. The van der Waals surface area contributed by atoms with Gasteiger partial charge < -0.3 is 14.8 Å². The number of esters is 1. The van der Waals surface area contributed by atoms with Crippen molar-refractivity contribution in [2.24, 2.45) is 0 Å². The molecule has 2 aromatic rings. The van der Waals surface area contributed by atoms with Crippen LogP contribution in [0.2, 0.25) is 5.02 Å². The van der Waals surface area contributed by atoms with Gasteiger partial charge in [-0.2, -0.15) is 0 Å². The Kier molecular flexibility index (Phi) is 5.67. The van der Waals surface area contributed by atoms with E-state index >= 15 is 0 Å². The summed E-state index contributed by atoms with van der Waals surface area (Å²) >= 11 is 6.18. The molecule has 22 heavy (non-hydrogen) atoms. The number of benzene rings is 2. The third-order valence-corrected chi connectivity index (χ3v) is 3.47. The van der Waals surface area contributed by atoms with E-state index in [1.54, 1.807) is 12.1 Å². The van der Waals surface area contributed by atoms with Crippen molar-refractivity contribution in [3.8, 4) is 5.75 Å². The molecule has 1 unspecified atom stereocenters. The number of carbonyl (C=O) groups is 1. The number of methoxy groups -OCH3 is 1. The van der Waals surface area contributed by atoms with Crippen molar-refractivity contribution in [3.05, 3.63) is 59.1 Å². The molecule has 0 bridgehead atoms. The van der Waals surface area contributed by atoms with Crippen LogP contribution in [0, 0.1) is 0 Å². The van der Waals surface area contributed by atoms with Crippen LogP contribution >= 0.6 is 11.6 Å². The van der Waals surface area contributed by atoms with Crippen LogP contribution in [0.15, 0.2) is 48.5 Å². The van der Waals surface area contributed by atoms with E-state index in [-0.39, 0.29) is 0 Å². The van der Waals surface area contributed by atoms with Crippen molar-refractivity contribution in [2.45, 2.75) is 13.0 Å². The third kappa shape index (κ3) is 3.92. The average molecular weight is 320 g/mol. The van der Waals surface area contributed by atoms with Crippen LogP contribution in [0.1, 0.15) is 18.5 Å². The van der Waals surface area contributed by atoms with Gasteiger partial charge in [-0.25, -0.2) is 4.79 Å². The molecule has 0 aliphatic heterocycles. The maximum Gasteiger partial charge on any atom is 0.333 e. The normalized spacial score (nSPS) is 11.6. The molecule has 0 saturated carbocycles. The van der Waals surface area contributed by atoms with Crippen molar-refractivity contribution >= 4 is 23.3 Å². The summed E-state index contributed by atoms with van der Waals surface area (Å²) in [6, 6.07) is 13.9. The van der Waals surface area contributed by atoms with Gasteiger partial charge in [0.25, 0.3) is 0 Å². The van der Waals surface area contributed by atoms with E-state index in [9.17, 15) is 4.79 Å². The van der Waals surface area contributed by atoms with Crippen molar-refractivity contribution in [2.75, 3.05) is 19.0 Å². The van der Waals surface area contributed by atoms with E-state index in [0.29, 0.717) is 17.2 Å². The first-order valence-corrected chi connectivity index (χ1v) is 7.35. The average Bonchev–Trinajstić information content (AvgIpc) is 2.54. The number of carbonyl (C=O) groups excluding carboxylic acids is 1. The molecule has 0 fully saturated rings. The summed E-state index contributed by atoms with van der Waals surface area (Å²) in [5, 5.41) is 3.65. The van der Waals surface area contributed by atoms with Gasteiger partial charge in [-0.05, 0) is 37.3 Å². The summed E-state index contributed by atoms with van der Waals surface area (Å²) in [7, 11) is 1.35. The van der Waals surface area contributed by atoms with Crippen LogP contribution < -0.4 is 10.1 Å². The molecule has 0 aliphatic carbocycles. The number of halogens is 1. The molecule has 0 amide bonds. The number of hydrogen-bond acceptors (Lipinski definition) is 4. The van der Waals surface area contributed by atoms with Crippen LogP contribution in [0.3, 0.4) is 0 Å². The first-order chi connectivity index (χ1) is 10.7. The van der Waals surface area contributed by atoms with E-state index in [1.807, 2.05) is 43.3 Å². The molecule has 1 atom stereocenters. The van der Waals surface area contributed by atoms with Gasteiger partial charge in [-0.1, -0.05) is 29.8 Å². The molecule has 4 nitrogen and oxygen atoms in total. The number of ether oxygens (including phenoxy) is 2. The van der Waals surface area contributed by atoms with Gasteiger partial charge in [-0.15, -0.1) is 0 Å². The molecule has 2 aromatic carbocycles. The molecule has 0 aliphatic rings. The zero-order valence-corrected chi connectivity index (χ0v) is 13.3. The SMILES string of the molecule is CCOc1ccc(NC(C(=O)OC)c2ccccc2Cl)cc1. The molecule has 5 heteroatoms. The van der Waals surface area contributed by atoms with Crippen molar-refractivity contribution in [1.82, 2.24) is 0 Å². The fourth-order valence-corrected chi connectivity index (χ4v) is 2.32. The lowest BCUT2D eigenvalue weighted by molar-refractivity contribution is -0.141. The number of rotatable bonds is 6. The van der Waals surface area contributed by atoms with Crippen LogP contribution in [0.25, 0.3) is 0 Å². The van der Waals surface area contributed by atoms with Gasteiger partial charge >= 0.3 is 5.97 Å². The Balaban J connectivity index is 2.24. The zero-order chi connectivity index (χ0) is 15.9. The monoisotopic (exact) mass is 319 g/mol. The summed E-state index contributed by atoms with van der Waals surface area (Å²) < 4.78 is 10.3. The van der Waals surface area contributed by atoms with Gasteiger partial charge in [0.2, 0.25) is 0 Å². The minimum atomic E-state index is -0.670. The van der Waals surface area contributed by atoms with Crippen LogP contribution in [-0.4, -0.2) is 19.7 Å². The Morgan fingerprint density at radius 3 is 2.45 bits per heavy atom. The lowest BCUT2D eigenvalue weighted by Gasteiger charge is -2.19. The van der Waals surface area contributed by atoms with Gasteiger partial charge in [0.05, 0.1) is 13.7 Å². The Hall–Kier alpha value is -2.20. The highest BCUT2D eigenvalue weighted by molar-refractivity contribution is 6.31. The summed E-state index contributed by atoms with van der Waals surface area (Å²) in [5.41, 5.74) is 1.45. The van der Waals surface area contributed by atoms with Crippen LogP contribution in [0.5, 0.6) is 5.75 Å². The maximum atomic E-state index is 12.1. The fourth-order valence-electron chi connectivity index (χ4n) is 2.07. The smallest absolute Gasteiger partial charge is 0.333 e. The van der Waals surface area contributed by atoms with E-state index in [0.717, 1.165) is 11.4 Å². The first kappa shape index (κ1) is 16.2. The van der Waals surface area contributed by atoms with Crippen molar-refractivity contribution in [1.29, 1.82) is 0 Å². The summed E-state index contributed by atoms with van der Waals surface area (Å²) in [4.78, 5) is 12.1. The second kappa shape index (κ2) is 7.71. The number of hydrogen-bond donors (Lipinski definition) is 1. The third-order valence-electron chi connectivity index (χ3n) is 3.13. The van der Waals surface area contributed by atoms with Crippen molar-refractivity contribution in [3.63, 3.8) is 0 Å². The Labute approximate surface area is 135 Å². The topological polar surface area (TPSA) is 47.6 Å². The quantitative estimate of drug-likeness (QED) is 0.815. The summed E-state index contributed by atoms with van der Waals surface area (Å²) in [6.45, 7) is 2.54. The Morgan fingerprint density at radius 1 is 1.18 bits per heavy atom. The lowest BCUT2D eigenvalue weighted by atomic mass is 10.1. The standard InChI is InChI=1S/C17H18ClNO3/c1-3-22-13-10-8-12(9-11-13)19-16(17(20)21-2)14-6-4-5-7-15(14)18/h4-11,16,19H,3H2,1-2H3. The largest absolute Gasteiger partial charge is 0.494 e. The van der Waals surface area contributed by atoms with Crippen LogP contribution in [0.4, 0.5) is 5.69 Å². The molecule has 0 aromatic heterocycles. The molecule has 2 rings (SSSR count). The highest BCUT2D eigenvalue weighted by Gasteiger charge is 2.23. The second-order valence-corrected chi connectivity index (χ2v) is 4.99. The van der Waals surface area contributed by atoms with Crippen LogP contribution in [-0.2, 0) is 9.53 Å². The molecule has 1 N–H and O–H groups in total. The molecule has 0 heterocycles. The first-order valence-electron chi connectivity index (χ1n) is 6.97. The Bertz CT molecular complexity index is 628. The molecule has 0 radical (unpaired) electrons. The van der Waals surface area contributed by atoms with E-state index in [2.05, 4.69) is 5.32 Å². The van der Waals surface area contributed by atoms with E-state index < -0.39 is 12.0 Å². The van der Waals surface area contributed by atoms with E-state index in [4.69, 9.17) is 21.1 Å². The van der Waals surface area contributed by atoms with Gasteiger partial charge in [0.15, 0.2) is 6.04 Å². The second-order valence-electron chi connectivity index (χ2n) is 4.58. The fraction of sp³-hybridized carbons (Fsp3) is 0.235. The van der Waals surface area contributed by atoms with Gasteiger partial charge in [-0.3, -0.25) is 0 Å². The highest BCUT2D eigenvalue weighted by Crippen LogP contribution is 2.27. The predicted octanol–water partition coefficient (Wildman–Crippen LogP) is 4.06. The number of nitrogens with one attached hydrogen (secondary N) is 1. The summed E-state index contributed by atoms with van der Waals surface area (Å²) in [6.07, 6.45) is 0. The van der Waals surface area contributed by atoms with Gasteiger partial charge in [0, 0.05) is 16.3 Å². The minimum Gasteiger partial charge on any atom is -0.494 e. The summed E-state index contributed by atoms with van der Waals surface area (Å²) in [5.74, 6) is 0.377. The molecular formula is C17H18ClNO3. The highest BCUT2D eigenvalue weighted by atomic mass is 35.5. The van der Waals surface area contributed by atoms with Gasteiger partial charge in [0.1, 0.15) is 5.75 Å². The van der Waals surface area contributed by atoms with E-state index in [1.165, 1.54) is 7.11 Å². The molecule has 0 spiro atoms. The number of anilines is 1. The molecular weight excluding hydrogens is 302 g/mol. The van der Waals surface area contributed by atoms with Crippen molar-refractivity contribution < 1.29 is 14.3 Å². The lowest BCUT2D eigenvalue weighted by Crippen LogP contribution is -2.22. The molecule has 0 saturated heterocycles. The minimum absolute atomic E-state index is 0.401.